The van der Waals surface area contributed by atoms with E-state index in [2.05, 4.69) is 52.3 Å². The van der Waals surface area contributed by atoms with Gasteiger partial charge in [0.1, 0.15) is 28.8 Å². The molecule has 0 aromatic heterocycles. The zero-order valence-corrected chi connectivity index (χ0v) is 34.5. The van der Waals surface area contributed by atoms with Crippen molar-refractivity contribution in [2.45, 2.75) is 44.1 Å². The van der Waals surface area contributed by atoms with Crippen LogP contribution in [-0.2, 0) is 14.3 Å². The lowest BCUT2D eigenvalue weighted by Gasteiger charge is -2.36. The lowest BCUT2D eigenvalue weighted by molar-refractivity contribution is -0.122. The lowest BCUT2D eigenvalue weighted by atomic mass is 9.84. The fraction of sp³-hybridized carbons (Fsp3) is 0.204. The molecule has 60 heavy (non-hydrogen) atoms. The van der Waals surface area contributed by atoms with Crippen LogP contribution in [0.2, 0.25) is 0 Å². The molecule has 5 aromatic rings. The normalized spacial score (nSPS) is 12.2. The molecule has 8 nitrogen and oxygen atoms in total. The Bertz CT molecular complexity index is 2550. The van der Waals surface area contributed by atoms with Gasteiger partial charge in [0.2, 0.25) is 11.3 Å². The van der Waals surface area contributed by atoms with Gasteiger partial charge in [-0.1, -0.05) is 115 Å². The van der Waals surface area contributed by atoms with Gasteiger partial charge in [0.25, 0.3) is 0 Å². The van der Waals surface area contributed by atoms with Gasteiger partial charge in [-0.05, 0) is 67.6 Å². The van der Waals surface area contributed by atoms with Crippen molar-refractivity contribution in [1.29, 1.82) is 0 Å². The van der Waals surface area contributed by atoms with Crippen molar-refractivity contribution >= 4 is 40.4 Å². The highest BCUT2D eigenvalue weighted by atomic mass is 32.2. The van der Waals surface area contributed by atoms with Crippen LogP contribution >= 0.6 is 11.8 Å². The summed E-state index contributed by atoms with van der Waals surface area (Å²) >= 11 is 1.52. The Morgan fingerprint density at radius 2 is 1.32 bits per heavy atom. The largest absolute Gasteiger partial charge is 0.456 e. The Morgan fingerprint density at radius 1 is 0.733 bits per heavy atom. The van der Waals surface area contributed by atoms with Gasteiger partial charge < -0.3 is 25.1 Å². The van der Waals surface area contributed by atoms with Gasteiger partial charge >= 0.3 is 6.09 Å². The van der Waals surface area contributed by atoms with Crippen LogP contribution in [-0.4, -0.2) is 42.5 Å². The quantitative estimate of drug-likeness (QED) is 0.0603. The Morgan fingerprint density at radius 3 is 1.90 bits per heavy atom. The summed E-state index contributed by atoms with van der Waals surface area (Å²) in [6.07, 6.45) is -0.738. The Hall–Kier alpha value is -6.46. The van der Waals surface area contributed by atoms with E-state index < -0.39 is 45.5 Å². The van der Waals surface area contributed by atoms with Crippen LogP contribution in [0.5, 0.6) is 0 Å². The molecule has 1 aliphatic heterocycles. The highest BCUT2D eigenvalue weighted by molar-refractivity contribution is 8.00. The molecule has 3 N–H and O–H groups in total. The number of anilines is 1. The molecule has 0 saturated heterocycles. The predicted octanol–water partition coefficient (Wildman–Crippen LogP) is 10.3. The van der Waals surface area contributed by atoms with E-state index in [0.29, 0.717) is 16.5 Å². The maximum atomic E-state index is 15.9. The second-order valence-corrected chi connectivity index (χ2v) is 16.6. The summed E-state index contributed by atoms with van der Waals surface area (Å²) < 4.78 is 41.4. The number of rotatable bonds is 13. The van der Waals surface area contributed by atoms with E-state index in [1.807, 2.05) is 85.8 Å². The number of amides is 2. The number of benzene rings is 6. The first-order valence-electron chi connectivity index (χ1n) is 19.6. The van der Waals surface area contributed by atoms with E-state index >= 15 is 4.39 Å². The number of carbonyl (C=O) groups excluding carboxylic acids is 2. The molecule has 2 aliphatic rings. The van der Waals surface area contributed by atoms with E-state index in [1.165, 1.54) is 23.9 Å². The van der Waals surface area contributed by atoms with Gasteiger partial charge in [-0.2, -0.15) is 0 Å². The molecule has 5 aromatic carbocycles. The molecule has 306 valence electrons. The first kappa shape index (κ1) is 41.7. The highest BCUT2D eigenvalue weighted by Crippen LogP contribution is 2.49. The van der Waals surface area contributed by atoms with Gasteiger partial charge in [0.05, 0.1) is 10.4 Å². The molecule has 0 bridgehead atoms. The number of halogens is 2. The van der Waals surface area contributed by atoms with Crippen LogP contribution in [0.3, 0.4) is 0 Å². The van der Waals surface area contributed by atoms with Crippen LogP contribution in [0, 0.1) is 18.6 Å². The molecular formula is C49H45F2N3O5S. The maximum Gasteiger partial charge on any atom is 0.408 e. The summed E-state index contributed by atoms with van der Waals surface area (Å²) in [5, 5.41) is 9.15. The van der Waals surface area contributed by atoms with Gasteiger partial charge in [-0.3, -0.25) is 9.59 Å². The fourth-order valence-corrected chi connectivity index (χ4v) is 8.87. The summed E-state index contributed by atoms with van der Waals surface area (Å²) in [4.78, 5) is 39.5. The van der Waals surface area contributed by atoms with E-state index in [-0.39, 0.29) is 35.9 Å². The molecule has 1 aliphatic carbocycles. The average molecular weight is 826 g/mol. The van der Waals surface area contributed by atoms with Crippen molar-refractivity contribution in [3.8, 4) is 22.5 Å². The van der Waals surface area contributed by atoms with E-state index in [0.717, 1.165) is 39.9 Å². The van der Waals surface area contributed by atoms with Crippen LogP contribution in [0.1, 0.15) is 43.0 Å². The fourth-order valence-electron chi connectivity index (χ4n) is 7.31. The first-order chi connectivity index (χ1) is 28.8. The summed E-state index contributed by atoms with van der Waals surface area (Å²) in [7, 11) is 0. The zero-order valence-electron chi connectivity index (χ0n) is 33.7. The minimum absolute atomic E-state index is 0.0663. The molecule has 1 heterocycles. The van der Waals surface area contributed by atoms with Crippen molar-refractivity contribution in [3.63, 3.8) is 0 Å². The summed E-state index contributed by atoms with van der Waals surface area (Å²) in [6.45, 7) is 7.32. The lowest BCUT2D eigenvalue weighted by Crippen LogP contribution is -2.50. The monoisotopic (exact) mass is 825 g/mol. The number of aryl methyl sites for hydroxylation is 1. The van der Waals surface area contributed by atoms with E-state index in [4.69, 9.17) is 9.15 Å². The number of ether oxygens (including phenoxy) is 1. The molecule has 0 spiro atoms. The molecule has 0 radical (unpaired) electrons. The third-order valence-corrected chi connectivity index (χ3v) is 11.7. The number of nitrogens with one attached hydrogen (secondary N) is 3. The third-order valence-electron chi connectivity index (χ3n) is 10.0. The van der Waals surface area contributed by atoms with E-state index in [1.54, 1.807) is 20.8 Å². The first-order valence-corrected chi connectivity index (χ1v) is 20.6. The second kappa shape index (κ2) is 17.8. The summed E-state index contributed by atoms with van der Waals surface area (Å²) in [6, 6.07) is 41.6. The Labute approximate surface area is 351 Å². The van der Waals surface area contributed by atoms with Crippen LogP contribution in [0.4, 0.5) is 19.3 Å². The number of carbonyl (C=O) groups is 2. The molecule has 2 amide bonds. The molecule has 1 unspecified atom stereocenters. The SMILES string of the molecule is Cc1ccccc1-c1c2cc(F)c(=O)cc-2oc2cc(NCCNC(=O)C(CSC(c3ccccc3)(c3ccccc3)c3ccccc3)NC(=O)OC(C)(C)C)c(F)cc12. The molecular weight excluding hydrogens is 781 g/mol. The topological polar surface area (TPSA) is 110 Å². The van der Waals surface area contributed by atoms with E-state index in [9.17, 15) is 18.8 Å². The summed E-state index contributed by atoms with van der Waals surface area (Å²) in [5.74, 6) is -1.67. The van der Waals surface area contributed by atoms with Crippen molar-refractivity contribution in [2.75, 3.05) is 24.2 Å². The number of hydrogen-bond acceptors (Lipinski definition) is 7. The molecule has 1 atom stereocenters. The van der Waals surface area contributed by atoms with Crippen molar-refractivity contribution in [3.05, 3.63) is 184 Å². The van der Waals surface area contributed by atoms with Crippen molar-refractivity contribution in [1.82, 2.24) is 10.6 Å². The molecule has 0 saturated carbocycles. The number of alkyl carbamates (subject to hydrolysis) is 1. The second-order valence-electron chi connectivity index (χ2n) is 15.4. The Kier molecular flexibility index (Phi) is 12.4. The van der Waals surface area contributed by atoms with Gasteiger partial charge in [0.15, 0.2) is 5.82 Å². The minimum Gasteiger partial charge on any atom is -0.456 e. The smallest absolute Gasteiger partial charge is 0.408 e. The molecule has 7 rings (SSSR count). The van der Waals surface area contributed by atoms with Gasteiger partial charge in [0, 0.05) is 47.5 Å². The van der Waals surface area contributed by atoms with Crippen LogP contribution < -0.4 is 21.4 Å². The Balaban J connectivity index is 1.14. The van der Waals surface area contributed by atoms with Crippen molar-refractivity contribution in [2.24, 2.45) is 0 Å². The summed E-state index contributed by atoms with van der Waals surface area (Å²) in [5.41, 5.74) is 4.24. The van der Waals surface area contributed by atoms with Crippen LogP contribution in [0.15, 0.2) is 149 Å². The highest BCUT2D eigenvalue weighted by Gasteiger charge is 2.39. The maximum absolute atomic E-state index is 15.9. The molecule has 0 fully saturated rings. The minimum atomic E-state index is -1.03. The standard InChI is InChI=1S/C49H45F2N3O5S/c1-31-16-14-15-23-35(31)45-36-26-38(50)40(28-43(36)58-44-29-42(55)39(51)27-37(44)45)52-24-25-53-46(56)41(54-47(57)59-48(2,3)4)30-60-49(32-17-8-5-9-18-32,33-19-10-6-11-20-33)34-21-12-7-13-22-34/h5-23,26-29,41,52H,24-25,30H2,1-4H3,(H,53,56)(H,54,57). The molecule has 11 heteroatoms. The predicted molar refractivity (Wildman–Crippen MR) is 236 cm³/mol. The zero-order chi connectivity index (χ0) is 42.4. The average Bonchev–Trinajstić information content (AvgIpc) is 3.23. The number of hydrogen-bond donors (Lipinski definition) is 3. The van der Waals surface area contributed by atoms with Crippen molar-refractivity contribution < 1.29 is 27.5 Å². The van der Waals surface area contributed by atoms with Crippen LogP contribution in [0.25, 0.3) is 33.4 Å². The van der Waals surface area contributed by atoms with Gasteiger partial charge in [-0.15, -0.1) is 11.8 Å². The third kappa shape index (κ3) is 9.06. The number of thioether (sulfide) groups is 1. The van der Waals surface area contributed by atoms with Gasteiger partial charge in [-0.25, -0.2) is 13.6 Å². The number of fused-ring (bicyclic) bond motifs is 2.